The maximum absolute atomic E-state index is 5.47. The van der Waals surface area contributed by atoms with Crippen molar-refractivity contribution in [2.75, 3.05) is 0 Å². The molecule has 1 atom stereocenters. The highest BCUT2D eigenvalue weighted by atomic mass is 79.9. The molecule has 72 valence electrons. The van der Waals surface area contributed by atoms with Crippen molar-refractivity contribution >= 4 is 21.8 Å². The summed E-state index contributed by atoms with van der Waals surface area (Å²) in [6, 6.07) is 7.90. The summed E-state index contributed by atoms with van der Waals surface area (Å²) in [6.45, 7) is 5.75. The van der Waals surface area contributed by atoms with Gasteiger partial charge in [0, 0.05) is 4.47 Å². The molecule has 1 heterocycles. The minimum atomic E-state index is 0.0529. The predicted octanol–water partition coefficient (Wildman–Crippen LogP) is 3.13. The molecule has 0 saturated carbocycles. The molecule has 0 fully saturated rings. The van der Waals surface area contributed by atoms with Crippen LogP contribution in [0.1, 0.15) is 12.5 Å². The number of rotatable bonds is 1. The number of hydrogen-bond acceptors (Lipinski definition) is 2. The fourth-order valence-corrected chi connectivity index (χ4v) is 1.70. The standard InChI is InChI=1S/C11H10BrNO/c1-7-8(2)14-11(13-7)9-5-3-4-6-10(9)12/h3-7H,2H2,1H3. The van der Waals surface area contributed by atoms with E-state index in [1.807, 2.05) is 31.2 Å². The maximum atomic E-state index is 5.47. The summed E-state index contributed by atoms with van der Waals surface area (Å²) in [5, 5.41) is 0. The molecule has 14 heavy (non-hydrogen) atoms. The van der Waals surface area contributed by atoms with Gasteiger partial charge in [-0.3, -0.25) is 0 Å². The van der Waals surface area contributed by atoms with Gasteiger partial charge in [-0.25, -0.2) is 4.99 Å². The van der Waals surface area contributed by atoms with Crippen molar-refractivity contribution in [3.8, 4) is 0 Å². The van der Waals surface area contributed by atoms with Crippen molar-refractivity contribution in [2.24, 2.45) is 4.99 Å². The van der Waals surface area contributed by atoms with Gasteiger partial charge in [-0.1, -0.05) is 18.7 Å². The molecule has 0 radical (unpaired) electrons. The zero-order valence-corrected chi connectivity index (χ0v) is 9.41. The van der Waals surface area contributed by atoms with Gasteiger partial charge in [0.05, 0.1) is 5.56 Å². The Labute approximate surface area is 91.4 Å². The number of benzene rings is 1. The molecule has 0 spiro atoms. The monoisotopic (exact) mass is 251 g/mol. The van der Waals surface area contributed by atoms with Crippen LogP contribution < -0.4 is 0 Å². The smallest absolute Gasteiger partial charge is 0.223 e. The van der Waals surface area contributed by atoms with Crippen molar-refractivity contribution in [1.29, 1.82) is 0 Å². The second-order valence-electron chi connectivity index (χ2n) is 3.16. The van der Waals surface area contributed by atoms with E-state index in [2.05, 4.69) is 27.5 Å². The van der Waals surface area contributed by atoms with Crippen LogP contribution >= 0.6 is 15.9 Å². The van der Waals surface area contributed by atoms with Crippen LogP contribution in [0.15, 0.2) is 46.1 Å². The summed E-state index contributed by atoms with van der Waals surface area (Å²) in [6.07, 6.45) is 0. The lowest BCUT2D eigenvalue weighted by atomic mass is 10.2. The second kappa shape index (κ2) is 3.58. The SMILES string of the molecule is C=C1OC(c2ccccc2Br)=NC1C. The molecular formula is C11H10BrNO. The molecule has 1 aromatic carbocycles. The number of halogens is 1. The Hall–Kier alpha value is -1.09. The normalized spacial score (nSPS) is 20.6. The van der Waals surface area contributed by atoms with Crippen molar-refractivity contribution in [3.05, 3.63) is 46.6 Å². The van der Waals surface area contributed by atoms with Gasteiger partial charge < -0.3 is 4.74 Å². The van der Waals surface area contributed by atoms with E-state index in [0.29, 0.717) is 11.7 Å². The summed E-state index contributed by atoms with van der Waals surface area (Å²) in [4.78, 5) is 4.37. The summed E-state index contributed by atoms with van der Waals surface area (Å²) >= 11 is 3.46. The van der Waals surface area contributed by atoms with Crippen LogP contribution in [0.5, 0.6) is 0 Å². The van der Waals surface area contributed by atoms with Gasteiger partial charge in [0.1, 0.15) is 11.8 Å². The highest BCUT2D eigenvalue weighted by molar-refractivity contribution is 9.10. The second-order valence-corrected chi connectivity index (χ2v) is 4.01. The fraction of sp³-hybridized carbons (Fsp3) is 0.182. The first-order chi connectivity index (χ1) is 6.68. The molecule has 1 aliphatic rings. The van der Waals surface area contributed by atoms with E-state index >= 15 is 0 Å². The Morgan fingerprint density at radius 3 is 2.71 bits per heavy atom. The molecule has 0 N–H and O–H groups in total. The lowest BCUT2D eigenvalue weighted by molar-refractivity contribution is 0.424. The number of ether oxygens (including phenoxy) is 1. The van der Waals surface area contributed by atoms with Crippen LogP contribution in [-0.4, -0.2) is 11.9 Å². The third-order valence-electron chi connectivity index (χ3n) is 2.11. The highest BCUT2D eigenvalue weighted by Crippen LogP contribution is 2.24. The fourth-order valence-electron chi connectivity index (χ4n) is 1.24. The topological polar surface area (TPSA) is 21.6 Å². The molecular weight excluding hydrogens is 242 g/mol. The Morgan fingerprint density at radius 2 is 2.14 bits per heavy atom. The van der Waals surface area contributed by atoms with Crippen molar-refractivity contribution < 1.29 is 4.74 Å². The first-order valence-corrected chi connectivity index (χ1v) is 5.17. The number of aliphatic imine (C=N–C) groups is 1. The van der Waals surface area contributed by atoms with Gasteiger partial charge in [0.15, 0.2) is 0 Å². The molecule has 0 aromatic heterocycles. The molecule has 3 heteroatoms. The van der Waals surface area contributed by atoms with Crippen LogP contribution in [0, 0.1) is 0 Å². The molecule has 0 saturated heterocycles. The molecule has 1 aromatic rings. The van der Waals surface area contributed by atoms with Crippen LogP contribution in [0.4, 0.5) is 0 Å². The van der Waals surface area contributed by atoms with Gasteiger partial charge in [-0.2, -0.15) is 0 Å². The molecule has 2 rings (SSSR count). The maximum Gasteiger partial charge on any atom is 0.223 e. The lowest BCUT2D eigenvalue weighted by Gasteiger charge is -2.03. The van der Waals surface area contributed by atoms with E-state index in [1.54, 1.807) is 0 Å². The van der Waals surface area contributed by atoms with E-state index in [1.165, 1.54) is 0 Å². The summed E-state index contributed by atoms with van der Waals surface area (Å²) in [5.74, 6) is 1.35. The van der Waals surface area contributed by atoms with Gasteiger partial charge in [-0.05, 0) is 35.0 Å². The summed E-state index contributed by atoms with van der Waals surface area (Å²) in [7, 11) is 0. The molecule has 2 nitrogen and oxygen atoms in total. The van der Waals surface area contributed by atoms with Crippen molar-refractivity contribution in [3.63, 3.8) is 0 Å². The third-order valence-corrected chi connectivity index (χ3v) is 2.80. The van der Waals surface area contributed by atoms with Crippen LogP contribution in [-0.2, 0) is 4.74 Å². The van der Waals surface area contributed by atoms with Crippen molar-refractivity contribution in [2.45, 2.75) is 13.0 Å². The zero-order valence-electron chi connectivity index (χ0n) is 7.83. The minimum absolute atomic E-state index is 0.0529. The van der Waals surface area contributed by atoms with E-state index < -0.39 is 0 Å². The van der Waals surface area contributed by atoms with Gasteiger partial charge in [-0.15, -0.1) is 0 Å². The highest BCUT2D eigenvalue weighted by Gasteiger charge is 2.21. The zero-order chi connectivity index (χ0) is 10.1. The summed E-state index contributed by atoms with van der Waals surface area (Å²) < 4.78 is 6.45. The molecule has 1 unspecified atom stereocenters. The first kappa shape index (κ1) is 9.46. The average Bonchev–Trinajstić information content (AvgIpc) is 2.48. The average molecular weight is 252 g/mol. The van der Waals surface area contributed by atoms with Gasteiger partial charge in [0.2, 0.25) is 5.90 Å². The number of nitrogens with zero attached hydrogens (tertiary/aromatic N) is 1. The Bertz CT molecular complexity index is 412. The van der Waals surface area contributed by atoms with Crippen LogP contribution in [0.2, 0.25) is 0 Å². The lowest BCUT2D eigenvalue weighted by Crippen LogP contribution is -2.00. The number of hydrogen-bond donors (Lipinski definition) is 0. The van der Waals surface area contributed by atoms with Gasteiger partial charge in [0.25, 0.3) is 0 Å². The van der Waals surface area contributed by atoms with E-state index in [9.17, 15) is 0 Å². The Kier molecular flexibility index (Phi) is 2.42. The largest absolute Gasteiger partial charge is 0.441 e. The summed E-state index contributed by atoms with van der Waals surface area (Å²) in [5.41, 5.74) is 0.970. The van der Waals surface area contributed by atoms with Crippen LogP contribution in [0.3, 0.4) is 0 Å². The quantitative estimate of drug-likeness (QED) is 0.752. The van der Waals surface area contributed by atoms with E-state index in [0.717, 1.165) is 10.0 Å². The minimum Gasteiger partial charge on any atom is -0.441 e. The molecule has 1 aliphatic heterocycles. The Morgan fingerprint density at radius 1 is 1.43 bits per heavy atom. The third kappa shape index (κ3) is 1.60. The molecule has 0 bridgehead atoms. The molecule has 0 aliphatic carbocycles. The first-order valence-electron chi connectivity index (χ1n) is 4.38. The van der Waals surface area contributed by atoms with Crippen LogP contribution in [0.25, 0.3) is 0 Å². The van der Waals surface area contributed by atoms with Gasteiger partial charge >= 0.3 is 0 Å². The molecule has 0 amide bonds. The predicted molar refractivity (Wildman–Crippen MR) is 60.4 cm³/mol. The Balaban J connectivity index is 2.38. The van der Waals surface area contributed by atoms with E-state index in [4.69, 9.17) is 4.74 Å². The van der Waals surface area contributed by atoms with Crippen molar-refractivity contribution in [1.82, 2.24) is 0 Å². The van der Waals surface area contributed by atoms with E-state index in [-0.39, 0.29) is 6.04 Å².